The lowest BCUT2D eigenvalue weighted by Crippen LogP contribution is -2.32. The van der Waals surface area contributed by atoms with Crippen molar-refractivity contribution in [1.29, 1.82) is 0 Å². The number of hydrogen-bond acceptors (Lipinski definition) is 5. The molecule has 0 aliphatic carbocycles. The lowest BCUT2D eigenvalue weighted by atomic mass is 10.2. The van der Waals surface area contributed by atoms with Gasteiger partial charge in [0.15, 0.2) is 11.5 Å². The van der Waals surface area contributed by atoms with E-state index in [9.17, 15) is 4.79 Å². The molecule has 2 N–H and O–H groups in total. The van der Waals surface area contributed by atoms with Crippen LogP contribution in [0.3, 0.4) is 0 Å². The van der Waals surface area contributed by atoms with Gasteiger partial charge in [-0.05, 0) is 18.6 Å². The number of para-hydroxylation sites is 1. The third-order valence-electron chi connectivity index (χ3n) is 3.05. The zero-order valence-corrected chi connectivity index (χ0v) is 12.1. The Morgan fingerprint density at radius 2 is 2.00 bits per heavy atom. The van der Waals surface area contributed by atoms with Crippen LogP contribution >= 0.6 is 0 Å². The summed E-state index contributed by atoms with van der Waals surface area (Å²) in [6.07, 6.45) is 2.90. The maximum absolute atomic E-state index is 12.2. The second-order valence-corrected chi connectivity index (χ2v) is 4.63. The molecule has 0 atom stereocenters. The minimum atomic E-state index is -0.269. The molecule has 6 nitrogen and oxygen atoms in total. The average molecular weight is 286 g/mol. The van der Waals surface area contributed by atoms with E-state index in [0.717, 1.165) is 11.3 Å². The van der Waals surface area contributed by atoms with Crippen LogP contribution in [0.2, 0.25) is 0 Å². The average Bonchev–Trinajstić information content (AvgIpc) is 2.49. The van der Waals surface area contributed by atoms with Gasteiger partial charge >= 0.3 is 0 Å². The van der Waals surface area contributed by atoms with Gasteiger partial charge in [0.1, 0.15) is 12.4 Å². The second-order valence-electron chi connectivity index (χ2n) is 4.63. The third-order valence-corrected chi connectivity index (χ3v) is 3.05. The number of aromatic nitrogens is 2. The highest BCUT2D eigenvalue weighted by Crippen LogP contribution is 2.16. The Balaban J connectivity index is 1.90. The van der Waals surface area contributed by atoms with Crippen LogP contribution in [-0.2, 0) is 0 Å². The molecule has 1 aromatic heterocycles. The molecule has 0 fully saturated rings. The van der Waals surface area contributed by atoms with Gasteiger partial charge in [0.05, 0.1) is 6.54 Å². The van der Waals surface area contributed by atoms with Crippen LogP contribution < -0.4 is 10.5 Å². The summed E-state index contributed by atoms with van der Waals surface area (Å²) in [5, 5.41) is 0. The van der Waals surface area contributed by atoms with E-state index in [1.165, 1.54) is 17.3 Å². The highest BCUT2D eigenvalue weighted by molar-refractivity contribution is 5.96. The highest BCUT2D eigenvalue weighted by Gasteiger charge is 2.16. The Hall–Kier alpha value is -2.63. The molecule has 0 unspecified atom stereocenters. The molecular weight excluding hydrogens is 268 g/mol. The van der Waals surface area contributed by atoms with Gasteiger partial charge in [-0.25, -0.2) is 9.97 Å². The van der Waals surface area contributed by atoms with Crippen molar-refractivity contribution in [1.82, 2.24) is 14.9 Å². The van der Waals surface area contributed by atoms with Crippen molar-refractivity contribution in [2.45, 2.75) is 6.92 Å². The van der Waals surface area contributed by atoms with Crippen molar-refractivity contribution in [2.24, 2.45) is 0 Å². The minimum Gasteiger partial charge on any atom is -0.491 e. The lowest BCUT2D eigenvalue weighted by Gasteiger charge is -2.18. The number of ether oxygens (including phenoxy) is 1. The minimum absolute atomic E-state index is 0.133. The van der Waals surface area contributed by atoms with Crippen LogP contribution in [0.5, 0.6) is 5.75 Å². The summed E-state index contributed by atoms with van der Waals surface area (Å²) in [4.78, 5) is 21.5. The highest BCUT2D eigenvalue weighted by atomic mass is 16.5. The topological polar surface area (TPSA) is 81.3 Å². The molecule has 1 heterocycles. The van der Waals surface area contributed by atoms with Gasteiger partial charge in [-0.3, -0.25) is 4.79 Å². The van der Waals surface area contributed by atoms with E-state index in [4.69, 9.17) is 10.5 Å². The molecule has 1 aromatic carbocycles. The number of carbonyl (C=O) groups excluding carboxylic acids is 1. The fourth-order valence-electron chi connectivity index (χ4n) is 1.81. The van der Waals surface area contributed by atoms with E-state index in [1.54, 1.807) is 7.05 Å². The molecule has 0 spiro atoms. The number of amides is 1. The van der Waals surface area contributed by atoms with E-state index in [0.29, 0.717) is 13.2 Å². The molecule has 110 valence electrons. The summed E-state index contributed by atoms with van der Waals surface area (Å²) >= 11 is 0. The van der Waals surface area contributed by atoms with Crippen LogP contribution in [0.4, 0.5) is 5.82 Å². The maximum atomic E-state index is 12.2. The summed E-state index contributed by atoms with van der Waals surface area (Å²) in [5.74, 6) is 0.681. The molecule has 0 bridgehead atoms. The molecule has 0 saturated heterocycles. The van der Waals surface area contributed by atoms with Crippen LogP contribution in [0.15, 0.2) is 36.7 Å². The first kappa shape index (κ1) is 14.8. The van der Waals surface area contributed by atoms with Gasteiger partial charge in [-0.1, -0.05) is 18.2 Å². The number of aryl methyl sites for hydroxylation is 1. The van der Waals surface area contributed by atoms with Crippen LogP contribution in [0.25, 0.3) is 0 Å². The number of anilines is 1. The Labute approximate surface area is 123 Å². The molecule has 2 rings (SSSR count). The van der Waals surface area contributed by atoms with Crippen molar-refractivity contribution in [3.05, 3.63) is 47.9 Å². The predicted molar refractivity (Wildman–Crippen MR) is 80.1 cm³/mol. The number of benzene rings is 1. The number of rotatable bonds is 5. The number of carbonyl (C=O) groups is 1. The van der Waals surface area contributed by atoms with E-state index in [1.807, 2.05) is 31.2 Å². The number of nitrogens with zero attached hydrogens (tertiary/aromatic N) is 3. The van der Waals surface area contributed by atoms with Crippen molar-refractivity contribution in [2.75, 3.05) is 25.9 Å². The molecule has 6 heteroatoms. The van der Waals surface area contributed by atoms with Gasteiger partial charge < -0.3 is 15.4 Å². The summed E-state index contributed by atoms with van der Waals surface area (Å²) in [6, 6.07) is 7.74. The van der Waals surface area contributed by atoms with E-state index in [-0.39, 0.29) is 17.4 Å². The zero-order chi connectivity index (χ0) is 15.2. The Bertz CT molecular complexity index is 631. The predicted octanol–water partition coefficient (Wildman–Crippen LogP) is 1.52. The first-order chi connectivity index (χ1) is 10.1. The van der Waals surface area contributed by atoms with Crippen molar-refractivity contribution >= 4 is 11.7 Å². The largest absolute Gasteiger partial charge is 0.491 e. The first-order valence-electron chi connectivity index (χ1n) is 6.60. The normalized spacial score (nSPS) is 10.2. The molecule has 0 saturated carbocycles. The van der Waals surface area contributed by atoms with Gasteiger partial charge in [-0.15, -0.1) is 0 Å². The van der Waals surface area contributed by atoms with Gasteiger partial charge in [-0.2, -0.15) is 0 Å². The summed E-state index contributed by atoms with van der Waals surface area (Å²) in [5.41, 5.74) is 6.87. The quantitative estimate of drug-likeness (QED) is 0.901. The molecule has 21 heavy (non-hydrogen) atoms. The van der Waals surface area contributed by atoms with Crippen molar-refractivity contribution in [3.8, 4) is 5.75 Å². The summed E-state index contributed by atoms with van der Waals surface area (Å²) in [6.45, 7) is 2.81. The molecule has 0 aliphatic heterocycles. The van der Waals surface area contributed by atoms with Crippen molar-refractivity contribution in [3.63, 3.8) is 0 Å². The number of nitrogen functional groups attached to an aromatic ring is 1. The molecule has 0 radical (unpaired) electrons. The van der Waals surface area contributed by atoms with Crippen LogP contribution in [-0.4, -0.2) is 41.0 Å². The lowest BCUT2D eigenvalue weighted by molar-refractivity contribution is 0.0768. The van der Waals surface area contributed by atoms with Crippen LogP contribution in [0.1, 0.15) is 16.1 Å². The summed E-state index contributed by atoms with van der Waals surface area (Å²) in [7, 11) is 1.68. The summed E-state index contributed by atoms with van der Waals surface area (Å²) < 4.78 is 5.66. The van der Waals surface area contributed by atoms with E-state index in [2.05, 4.69) is 9.97 Å². The number of hydrogen-bond donors (Lipinski definition) is 1. The third kappa shape index (κ3) is 3.68. The fraction of sp³-hybridized carbons (Fsp3) is 0.267. The smallest absolute Gasteiger partial charge is 0.276 e. The van der Waals surface area contributed by atoms with Crippen molar-refractivity contribution < 1.29 is 9.53 Å². The molecule has 1 amide bonds. The maximum Gasteiger partial charge on any atom is 0.276 e. The standard InChI is InChI=1S/C15H18N4O2/c1-11-5-3-4-6-12(11)21-10-9-19(2)15(20)13-14(16)18-8-7-17-13/h3-8H,9-10H2,1-2H3,(H2,16,18). The van der Waals surface area contributed by atoms with Gasteiger partial charge in [0.2, 0.25) is 0 Å². The first-order valence-corrected chi connectivity index (χ1v) is 6.60. The molecule has 0 aliphatic rings. The Morgan fingerprint density at radius 1 is 1.29 bits per heavy atom. The Kier molecular flexibility index (Phi) is 4.71. The number of likely N-dealkylation sites (N-methyl/N-ethyl adjacent to an activating group) is 1. The molecule has 2 aromatic rings. The van der Waals surface area contributed by atoms with Crippen LogP contribution in [0, 0.1) is 6.92 Å². The fourth-order valence-corrected chi connectivity index (χ4v) is 1.81. The Morgan fingerprint density at radius 3 is 2.71 bits per heavy atom. The van der Waals surface area contributed by atoms with E-state index >= 15 is 0 Å². The zero-order valence-electron chi connectivity index (χ0n) is 12.1. The van der Waals surface area contributed by atoms with E-state index < -0.39 is 0 Å². The number of nitrogens with two attached hydrogens (primary N) is 1. The van der Waals surface area contributed by atoms with Gasteiger partial charge in [0, 0.05) is 19.4 Å². The molecular formula is C15H18N4O2. The second kappa shape index (κ2) is 6.69. The SMILES string of the molecule is Cc1ccccc1OCCN(C)C(=O)c1nccnc1N. The van der Waals surface area contributed by atoms with Gasteiger partial charge in [0.25, 0.3) is 5.91 Å². The monoisotopic (exact) mass is 286 g/mol.